The van der Waals surface area contributed by atoms with Crippen LogP contribution in [0.3, 0.4) is 0 Å². The fraction of sp³-hybridized carbons (Fsp3) is 0.571. The molecule has 2 rings (SSSR count). The first kappa shape index (κ1) is 14.2. The smallest absolute Gasteiger partial charge is 0.149 e. The van der Waals surface area contributed by atoms with Crippen LogP contribution in [-0.4, -0.2) is 32.3 Å². The van der Waals surface area contributed by atoms with Gasteiger partial charge >= 0.3 is 0 Å². The Morgan fingerprint density at radius 1 is 1.32 bits per heavy atom. The number of nitrogens with zero attached hydrogens (tertiary/aromatic N) is 1. The number of ether oxygens (including phenoxy) is 1. The molecule has 1 heterocycles. The van der Waals surface area contributed by atoms with Crippen molar-refractivity contribution in [1.82, 2.24) is 5.32 Å². The molecule has 1 fully saturated rings. The Labute approximate surface area is 112 Å². The maximum absolute atomic E-state index is 14.2. The highest BCUT2D eigenvalue weighted by Gasteiger charge is 2.28. The van der Waals surface area contributed by atoms with Gasteiger partial charge in [0, 0.05) is 19.1 Å². The number of nitrogens with one attached hydrogen (secondary N) is 1. The molecule has 0 bridgehead atoms. The lowest BCUT2D eigenvalue weighted by Gasteiger charge is -2.38. The number of anilines is 1. The van der Waals surface area contributed by atoms with Crippen molar-refractivity contribution in [3.63, 3.8) is 0 Å². The molecule has 1 N–H and O–H groups in total. The predicted molar refractivity (Wildman–Crippen MR) is 71.3 cm³/mol. The van der Waals surface area contributed by atoms with E-state index in [9.17, 15) is 8.78 Å². The van der Waals surface area contributed by atoms with Gasteiger partial charge in [0.15, 0.2) is 0 Å². The molecular formula is C14H20F2N2O. The van der Waals surface area contributed by atoms with E-state index in [2.05, 4.69) is 5.32 Å². The predicted octanol–water partition coefficient (Wildman–Crippen LogP) is 2.30. The fourth-order valence-corrected chi connectivity index (χ4v) is 2.41. The largest absolute Gasteiger partial charge is 0.375 e. The summed E-state index contributed by atoms with van der Waals surface area (Å²) in [6.45, 7) is 5.25. The first-order valence-corrected chi connectivity index (χ1v) is 6.53. The summed E-state index contributed by atoms with van der Waals surface area (Å²) in [4.78, 5) is 1.75. The van der Waals surface area contributed by atoms with E-state index in [0.29, 0.717) is 25.3 Å². The second-order valence-electron chi connectivity index (χ2n) is 5.08. The van der Waals surface area contributed by atoms with E-state index in [1.165, 1.54) is 12.1 Å². The molecule has 1 aromatic carbocycles. The summed E-state index contributed by atoms with van der Waals surface area (Å²) in [5.41, 5.74) is 0.665. The summed E-state index contributed by atoms with van der Waals surface area (Å²) in [6.07, 6.45) is -0.0213. The Morgan fingerprint density at radius 2 is 1.95 bits per heavy atom. The molecular weight excluding hydrogens is 250 g/mol. The van der Waals surface area contributed by atoms with Gasteiger partial charge in [0.1, 0.15) is 17.3 Å². The van der Waals surface area contributed by atoms with Gasteiger partial charge in [-0.25, -0.2) is 8.78 Å². The summed E-state index contributed by atoms with van der Waals surface area (Å²) >= 11 is 0. The summed E-state index contributed by atoms with van der Waals surface area (Å²) in [5.74, 6) is -1.02. The summed E-state index contributed by atoms with van der Waals surface area (Å²) in [5, 5.41) is 2.89. The maximum Gasteiger partial charge on any atom is 0.149 e. The van der Waals surface area contributed by atoms with E-state index >= 15 is 0 Å². The molecule has 0 radical (unpaired) electrons. The third-order valence-corrected chi connectivity index (χ3v) is 3.35. The summed E-state index contributed by atoms with van der Waals surface area (Å²) < 4.78 is 33.8. The normalized spacial score (nSPS) is 23.7. The molecule has 0 aromatic heterocycles. The van der Waals surface area contributed by atoms with E-state index in [-0.39, 0.29) is 17.8 Å². The molecule has 19 heavy (non-hydrogen) atoms. The standard InChI is InChI=1S/C14H20F2N2O/c1-9-8-19-10(2)7-18(9)14-12(15)4-11(6-17-3)5-13(14)16/h4-5,9-10,17H,6-8H2,1-3H3. The zero-order valence-corrected chi connectivity index (χ0v) is 11.5. The molecule has 0 saturated carbocycles. The van der Waals surface area contributed by atoms with Crippen LogP contribution in [-0.2, 0) is 11.3 Å². The van der Waals surface area contributed by atoms with Crippen LogP contribution in [0.5, 0.6) is 0 Å². The molecule has 5 heteroatoms. The first-order valence-electron chi connectivity index (χ1n) is 6.53. The number of hydrogen-bond donors (Lipinski definition) is 1. The van der Waals surface area contributed by atoms with Gasteiger partial charge < -0.3 is 15.0 Å². The van der Waals surface area contributed by atoms with Gasteiger partial charge in [-0.3, -0.25) is 0 Å². The van der Waals surface area contributed by atoms with E-state index < -0.39 is 11.6 Å². The average Bonchev–Trinajstić information content (AvgIpc) is 2.33. The van der Waals surface area contributed by atoms with Crippen molar-refractivity contribution in [2.75, 3.05) is 25.1 Å². The fourth-order valence-electron chi connectivity index (χ4n) is 2.41. The van der Waals surface area contributed by atoms with Gasteiger partial charge in [-0.15, -0.1) is 0 Å². The van der Waals surface area contributed by atoms with Crippen LogP contribution < -0.4 is 10.2 Å². The molecule has 1 aromatic rings. The Kier molecular flexibility index (Phi) is 4.37. The highest BCUT2D eigenvalue weighted by atomic mass is 19.1. The van der Waals surface area contributed by atoms with E-state index in [0.717, 1.165) is 0 Å². The average molecular weight is 270 g/mol. The van der Waals surface area contributed by atoms with Crippen molar-refractivity contribution >= 4 is 5.69 Å². The maximum atomic E-state index is 14.2. The third kappa shape index (κ3) is 3.04. The third-order valence-electron chi connectivity index (χ3n) is 3.35. The quantitative estimate of drug-likeness (QED) is 0.912. The van der Waals surface area contributed by atoms with Crippen LogP contribution in [0, 0.1) is 11.6 Å². The van der Waals surface area contributed by atoms with Crippen LogP contribution in [0.25, 0.3) is 0 Å². The van der Waals surface area contributed by atoms with E-state index in [1.807, 2.05) is 13.8 Å². The molecule has 0 amide bonds. The Bertz CT molecular complexity index is 430. The van der Waals surface area contributed by atoms with Crippen LogP contribution in [0.1, 0.15) is 19.4 Å². The number of rotatable bonds is 3. The van der Waals surface area contributed by atoms with Gasteiger partial charge in [0.05, 0.1) is 12.7 Å². The topological polar surface area (TPSA) is 24.5 Å². The first-order chi connectivity index (χ1) is 9.02. The van der Waals surface area contributed by atoms with Gasteiger partial charge in [0.2, 0.25) is 0 Å². The lowest BCUT2D eigenvalue weighted by Crippen LogP contribution is -2.48. The van der Waals surface area contributed by atoms with Crippen molar-refractivity contribution in [2.45, 2.75) is 32.5 Å². The van der Waals surface area contributed by atoms with Gasteiger partial charge in [-0.1, -0.05) is 0 Å². The van der Waals surface area contributed by atoms with Gasteiger partial charge in [0.25, 0.3) is 0 Å². The van der Waals surface area contributed by atoms with Crippen LogP contribution in [0.15, 0.2) is 12.1 Å². The van der Waals surface area contributed by atoms with E-state index in [4.69, 9.17) is 4.74 Å². The molecule has 1 aliphatic rings. The minimum absolute atomic E-state index is 0.0213. The van der Waals surface area contributed by atoms with Crippen LogP contribution >= 0.6 is 0 Å². The van der Waals surface area contributed by atoms with E-state index in [1.54, 1.807) is 11.9 Å². The minimum atomic E-state index is -0.508. The number of morpholine rings is 1. The Balaban J connectivity index is 2.33. The zero-order chi connectivity index (χ0) is 14.0. The molecule has 0 spiro atoms. The van der Waals surface area contributed by atoms with Gasteiger partial charge in [-0.05, 0) is 38.6 Å². The molecule has 106 valence electrons. The van der Waals surface area contributed by atoms with Crippen LogP contribution in [0.4, 0.5) is 14.5 Å². The van der Waals surface area contributed by atoms with Crippen molar-refractivity contribution in [1.29, 1.82) is 0 Å². The number of benzene rings is 1. The van der Waals surface area contributed by atoms with Crippen molar-refractivity contribution < 1.29 is 13.5 Å². The zero-order valence-electron chi connectivity index (χ0n) is 11.5. The highest BCUT2D eigenvalue weighted by molar-refractivity contribution is 5.52. The Morgan fingerprint density at radius 3 is 2.53 bits per heavy atom. The highest BCUT2D eigenvalue weighted by Crippen LogP contribution is 2.29. The lowest BCUT2D eigenvalue weighted by molar-refractivity contribution is 0.0338. The number of hydrogen-bond acceptors (Lipinski definition) is 3. The molecule has 2 unspecified atom stereocenters. The summed E-state index contributed by atoms with van der Waals surface area (Å²) in [6, 6.07) is 2.75. The van der Waals surface area contributed by atoms with Crippen molar-refractivity contribution in [2.24, 2.45) is 0 Å². The van der Waals surface area contributed by atoms with Crippen molar-refractivity contribution in [3.8, 4) is 0 Å². The molecule has 1 saturated heterocycles. The Hall–Kier alpha value is -1.20. The second kappa shape index (κ2) is 5.84. The second-order valence-corrected chi connectivity index (χ2v) is 5.08. The van der Waals surface area contributed by atoms with Gasteiger partial charge in [-0.2, -0.15) is 0 Å². The minimum Gasteiger partial charge on any atom is -0.375 e. The molecule has 1 aliphatic heterocycles. The summed E-state index contributed by atoms with van der Waals surface area (Å²) in [7, 11) is 1.75. The monoisotopic (exact) mass is 270 g/mol. The lowest BCUT2D eigenvalue weighted by atomic mass is 10.1. The number of halogens is 2. The SMILES string of the molecule is CNCc1cc(F)c(N2CC(C)OCC2C)c(F)c1. The van der Waals surface area contributed by atoms with Crippen molar-refractivity contribution in [3.05, 3.63) is 29.3 Å². The molecule has 2 atom stereocenters. The molecule has 0 aliphatic carbocycles. The van der Waals surface area contributed by atoms with Crippen LogP contribution in [0.2, 0.25) is 0 Å². The molecule has 3 nitrogen and oxygen atoms in total.